The van der Waals surface area contributed by atoms with Gasteiger partial charge < -0.3 is 0 Å². The van der Waals surface area contributed by atoms with E-state index in [1.165, 1.54) is 22.7 Å². The molecule has 0 aromatic heterocycles. The van der Waals surface area contributed by atoms with Gasteiger partial charge in [0.1, 0.15) is 0 Å². The molecule has 2 atom stereocenters. The predicted octanol–water partition coefficient (Wildman–Crippen LogP) is 4.12. The van der Waals surface area contributed by atoms with Crippen LogP contribution in [0.15, 0.2) is 18.2 Å². The Kier molecular flexibility index (Phi) is 4.02. The average molecular weight is 241 g/mol. The Morgan fingerprint density at radius 3 is 2.07 bits per heavy atom. The molecular formula is C13H21ClSi. The van der Waals surface area contributed by atoms with E-state index in [2.05, 4.69) is 52.4 Å². The van der Waals surface area contributed by atoms with Crippen molar-refractivity contribution in [3.05, 3.63) is 29.3 Å². The van der Waals surface area contributed by atoms with Gasteiger partial charge in [-0.15, -0.1) is 0 Å². The summed E-state index contributed by atoms with van der Waals surface area (Å²) in [7, 11) is -1.77. The Hall–Kier alpha value is -0.273. The highest BCUT2D eigenvalue weighted by molar-refractivity contribution is 7.27. The van der Waals surface area contributed by atoms with Crippen molar-refractivity contribution in [3.8, 4) is 0 Å². The molecule has 0 amide bonds. The fourth-order valence-corrected chi connectivity index (χ4v) is 5.07. The molecule has 0 heterocycles. The second kappa shape index (κ2) is 4.71. The third kappa shape index (κ3) is 2.85. The molecule has 0 bridgehead atoms. The molecule has 2 heteroatoms. The van der Waals surface area contributed by atoms with Crippen LogP contribution >= 0.6 is 11.1 Å². The molecule has 0 saturated carbocycles. The molecule has 1 aromatic rings. The zero-order valence-electron chi connectivity index (χ0n) is 10.4. The molecule has 15 heavy (non-hydrogen) atoms. The lowest BCUT2D eigenvalue weighted by Crippen LogP contribution is -2.42. The van der Waals surface area contributed by atoms with Gasteiger partial charge >= 0.3 is 0 Å². The van der Waals surface area contributed by atoms with Gasteiger partial charge in [-0.1, -0.05) is 56.1 Å². The van der Waals surface area contributed by atoms with E-state index in [0.29, 0.717) is 5.54 Å². The summed E-state index contributed by atoms with van der Waals surface area (Å²) in [6.07, 6.45) is 1.17. The van der Waals surface area contributed by atoms with Crippen LogP contribution in [0.5, 0.6) is 0 Å². The van der Waals surface area contributed by atoms with E-state index in [0.717, 1.165) is 0 Å². The van der Waals surface area contributed by atoms with Crippen LogP contribution in [0, 0.1) is 13.8 Å². The van der Waals surface area contributed by atoms with Crippen LogP contribution in [0.25, 0.3) is 0 Å². The second-order valence-electron chi connectivity index (χ2n) is 4.76. The smallest absolute Gasteiger partial charge is 0.161 e. The van der Waals surface area contributed by atoms with Gasteiger partial charge in [0.05, 0.1) is 0 Å². The predicted molar refractivity (Wildman–Crippen MR) is 72.7 cm³/mol. The van der Waals surface area contributed by atoms with Gasteiger partial charge in [0.2, 0.25) is 0 Å². The van der Waals surface area contributed by atoms with E-state index < -0.39 is 7.38 Å². The third-order valence-corrected chi connectivity index (χ3v) is 8.77. The van der Waals surface area contributed by atoms with Crippen molar-refractivity contribution in [2.75, 3.05) is 0 Å². The van der Waals surface area contributed by atoms with E-state index in [1.807, 2.05) is 0 Å². The number of benzene rings is 1. The second-order valence-corrected chi connectivity index (χ2v) is 10.8. The van der Waals surface area contributed by atoms with E-state index in [9.17, 15) is 0 Å². The topological polar surface area (TPSA) is 0 Å². The highest BCUT2D eigenvalue weighted by atomic mass is 35.6. The number of hydrogen-bond donors (Lipinski definition) is 0. The van der Waals surface area contributed by atoms with E-state index in [1.54, 1.807) is 0 Å². The Labute approximate surface area is 99.4 Å². The van der Waals surface area contributed by atoms with E-state index in [-0.39, 0.29) is 0 Å². The van der Waals surface area contributed by atoms with Crippen molar-refractivity contribution in [2.24, 2.45) is 0 Å². The SMILES string of the molecule is CCC(C)[Si](C)(Cl)c1cc(C)cc(C)c1. The lowest BCUT2D eigenvalue weighted by atomic mass is 10.2. The minimum Gasteiger partial charge on any atom is -0.161 e. The van der Waals surface area contributed by atoms with Gasteiger partial charge in [-0.3, -0.25) is 0 Å². The van der Waals surface area contributed by atoms with E-state index >= 15 is 0 Å². The van der Waals surface area contributed by atoms with Crippen molar-refractivity contribution in [3.63, 3.8) is 0 Å². The molecule has 84 valence electrons. The maximum atomic E-state index is 6.80. The van der Waals surface area contributed by atoms with Crippen molar-refractivity contribution in [1.29, 1.82) is 0 Å². The molecular weight excluding hydrogens is 220 g/mol. The molecule has 0 aliphatic carbocycles. The summed E-state index contributed by atoms with van der Waals surface area (Å²) in [5.41, 5.74) is 3.28. The first-order valence-electron chi connectivity index (χ1n) is 5.65. The molecule has 2 unspecified atom stereocenters. The summed E-state index contributed by atoms with van der Waals surface area (Å²) in [5.74, 6) is 0. The lowest BCUT2D eigenvalue weighted by Gasteiger charge is -2.27. The maximum absolute atomic E-state index is 6.80. The zero-order valence-corrected chi connectivity index (χ0v) is 12.2. The minimum atomic E-state index is -1.77. The number of rotatable bonds is 3. The Balaban J connectivity index is 3.14. The van der Waals surface area contributed by atoms with Gasteiger partial charge in [-0.05, 0) is 24.6 Å². The molecule has 0 saturated heterocycles. The summed E-state index contributed by atoms with van der Waals surface area (Å²) < 4.78 is 0. The third-order valence-electron chi connectivity index (χ3n) is 3.32. The molecule has 1 rings (SSSR count). The average Bonchev–Trinajstić information content (AvgIpc) is 2.15. The van der Waals surface area contributed by atoms with Crippen LogP contribution in [0.4, 0.5) is 0 Å². The summed E-state index contributed by atoms with van der Waals surface area (Å²) in [6, 6.07) is 6.73. The fourth-order valence-electron chi connectivity index (χ4n) is 1.92. The van der Waals surface area contributed by atoms with Crippen LogP contribution in [0.2, 0.25) is 12.1 Å². The van der Waals surface area contributed by atoms with Crippen molar-refractivity contribution in [1.82, 2.24) is 0 Å². The summed E-state index contributed by atoms with van der Waals surface area (Å²) >= 11 is 6.80. The Morgan fingerprint density at radius 2 is 1.67 bits per heavy atom. The summed E-state index contributed by atoms with van der Waals surface area (Å²) in [4.78, 5) is 0. The lowest BCUT2D eigenvalue weighted by molar-refractivity contribution is 0.858. The van der Waals surface area contributed by atoms with Gasteiger partial charge in [-0.2, -0.15) is 11.1 Å². The van der Waals surface area contributed by atoms with E-state index in [4.69, 9.17) is 11.1 Å². The van der Waals surface area contributed by atoms with Crippen LogP contribution < -0.4 is 5.19 Å². The van der Waals surface area contributed by atoms with Gasteiger partial charge in [0.25, 0.3) is 0 Å². The molecule has 0 fully saturated rings. The summed E-state index contributed by atoms with van der Waals surface area (Å²) in [6.45, 7) is 11.1. The molecule has 0 radical (unpaired) electrons. The standard InChI is InChI=1S/C13H21ClSi/c1-6-12(4)15(5,14)13-8-10(2)7-11(3)9-13/h7-9,12H,6H2,1-5H3. The normalized spacial score (nSPS) is 17.2. The zero-order chi connectivity index (χ0) is 11.6. The van der Waals surface area contributed by atoms with Crippen LogP contribution in [0.1, 0.15) is 31.4 Å². The number of hydrogen-bond acceptors (Lipinski definition) is 0. The molecule has 0 N–H and O–H groups in total. The largest absolute Gasteiger partial charge is 0.186 e. The Bertz CT molecular complexity index is 324. The van der Waals surface area contributed by atoms with Crippen LogP contribution in [0.3, 0.4) is 0 Å². The van der Waals surface area contributed by atoms with Crippen molar-refractivity contribution in [2.45, 2.75) is 46.2 Å². The highest BCUT2D eigenvalue weighted by Crippen LogP contribution is 2.28. The molecule has 0 aliphatic heterocycles. The number of halogens is 1. The van der Waals surface area contributed by atoms with Gasteiger partial charge in [0, 0.05) is 0 Å². The molecule has 0 nitrogen and oxygen atoms in total. The first kappa shape index (κ1) is 12.8. The maximum Gasteiger partial charge on any atom is 0.186 e. The Morgan fingerprint density at radius 1 is 1.20 bits per heavy atom. The van der Waals surface area contributed by atoms with Crippen molar-refractivity contribution >= 4 is 23.6 Å². The molecule has 0 aliphatic rings. The monoisotopic (exact) mass is 240 g/mol. The summed E-state index contributed by atoms with van der Waals surface area (Å²) in [5, 5.41) is 1.39. The van der Waals surface area contributed by atoms with Gasteiger partial charge in [-0.25, -0.2) is 0 Å². The van der Waals surface area contributed by atoms with Crippen LogP contribution in [-0.4, -0.2) is 7.38 Å². The fraction of sp³-hybridized carbons (Fsp3) is 0.538. The first-order valence-corrected chi connectivity index (χ1v) is 9.24. The first-order chi connectivity index (χ1) is 6.87. The quantitative estimate of drug-likeness (QED) is 0.551. The van der Waals surface area contributed by atoms with Crippen LogP contribution in [-0.2, 0) is 0 Å². The highest BCUT2D eigenvalue weighted by Gasteiger charge is 2.33. The molecule has 1 aromatic carbocycles. The minimum absolute atomic E-state index is 0.625. The van der Waals surface area contributed by atoms with Gasteiger partial charge in [0.15, 0.2) is 7.38 Å². The van der Waals surface area contributed by atoms with Crippen molar-refractivity contribution < 1.29 is 0 Å². The number of aryl methyl sites for hydroxylation is 2. The molecule has 0 spiro atoms.